The lowest BCUT2D eigenvalue weighted by Gasteiger charge is -2.13. The van der Waals surface area contributed by atoms with Gasteiger partial charge in [-0.15, -0.1) is 0 Å². The average molecular weight is 378 g/mol. The summed E-state index contributed by atoms with van der Waals surface area (Å²) < 4.78 is 37.7. The Kier molecular flexibility index (Phi) is 6.59. The van der Waals surface area contributed by atoms with Gasteiger partial charge in [-0.1, -0.05) is 6.92 Å². The third-order valence-electron chi connectivity index (χ3n) is 3.48. The fourth-order valence-corrected chi connectivity index (χ4v) is 3.49. The number of nitrogens with one attached hydrogen (secondary N) is 2. The van der Waals surface area contributed by atoms with Gasteiger partial charge in [0.05, 0.1) is 13.7 Å². The number of methoxy groups -OCH3 is 1. The van der Waals surface area contributed by atoms with Crippen LogP contribution < -0.4 is 19.5 Å². The van der Waals surface area contributed by atoms with E-state index in [9.17, 15) is 13.2 Å². The SMILES string of the molecule is CCNS(=O)(=O)c1cc(C(=O)Nc2ccc(OC)cc2)ccc1OCC. The van der Waals surface area contributed by atoms with E-state index in [2.05, 4.69) is 10.0 Å². The van der Waals surface area contributed by atoms with E-state index in [0.29, 0.717) is 18.0 Å². The number of rotatable bonds is 8. The maximum atomic E-state index is 12.5. The number of benzene rings is 2. The normalized spacial score (nSPS) is 11.0. The van der Waals surface area contributed by atoms with Crippen molar-refractivity contribution in [2.75, 3.05) is 25.6 Å². The lowest BCUT2D eigenvalue weighted by Crippen LogP contribution is -2.24. The van der Waals surface area contributed by atoms with Gasteiger partial charge < -0.3 is 14.8 Å². The molecule has 0 fully saturated rings. The quantitative estimate of drug-likeness (QED) is 0.736. The number of carbonyl (C=O) groups is 1. The van der Waals surface area contributed by atoms with Crippen LogP contribution in [0.15, 0.2) is 47.4 Å². The second-order valence-electron chi connectivity index (χ2n) is 5.28. The highest BCUT2D eigenvalue weighted by atomic mass is 32.2. The number of amides is 1. The minimum absolute atomic E-state index is 0.0661. The molecule has 2 aromatic carbocycles. The summed E-state index contributed by atoms with van der Waals surface area (Å²) in [5.41, 5.74) is 0.779. The highest BCUT2D eigenvalue weighted by Crippen LogP contribution is 2.26. The monoisotopic (exact) mass is 378 g/mol. The Balaban J connectivity index is 2.32. The van der Waals surface area contributed by atoms with Crippen LogP contribution >= 0.6 is 0 Å². The lowest BCUT2D eigenvalue weighted by molar-refractivity contribution is 0.102. The summed E-state index contributed by atoms with van der Waals surface area (Å²) in [6, 6.07) is 11.1. The highest BCUT2D eigenvalue weighted by molar-refractivity contribution is 7.89. The molecule has 2 aromatic rings. The van der Waals surface area contributed by atoms with Crippen molar-refractivity contribution >= 4 is 21.6 Å². The van der Waals surface area contributed by atoms with Crippen LogP contribution in [0.25, 0.3) is 0 Å². The molecule has 2 N–H and O–H groups in total. The van der Waals surface area contributed by atoms with Crippen LogP contribution in [-0.4, -0.2) is 34.6 Å². The first kappa shape index (κ1) is 19.7. The van der Waals surface area contributed by atoms with Crippen molar-refractivity contribution in [3.05, 3.63) is 48.0 Å². The molecule has 140 valence electrons. The van der Waals surface area contributed by atoms with Crippen LogP contribution in [0.1, 0.15) is 24.2 Å². The fourth-order valence-electron chi connectivity index (χ4n) is 2.28. The van der Waals surface area contributed by atoms with Crippen molar-refractivity contribution in [2.24, 2.45) is 0 Å². The first-order chi connectivity index (χ1) is 12.4. The van der Waals surface area contributed by atoms with E-state index in [0.717, 1.165) is 0 Å². The molecular formula is C18H22N2O5S. The van der Waals surface area contributed by atoms with E-state index in [4.69, 9.17) is 9.47 Å². The third kappa shape index (κ3) is 4.74. The summed E-state index contributed by atoms with van der Waals surface area (Å²) in [6.45, 7) is 3.98. The summed E-state index contributed by atoms with van der Waals surface area (Å²) in [6.07, 6.45) is 0. The van der Waals surface area contributed by atoms with Crippen molar-refractivity contribution in [3.8, 4) is 11.5 Å². The van der Waals surface area contributed by atoms with Gasteiger partial charge in [-0.2, -0.15) is 0 Å². The Labute approximate surface area is 153 Å². The van der Waals surface area contributed by atoms with Crippen LogP contribution in [0.5, 0.6) is 11.5 Å². The average Bonchev–Trinajstić information content (AvgIpc) is 2.62. The van der Waals surface area contributed by atoms with Crippen molar-refractivity contribution < 1.29 is 22.7 Å². The van der Waals surface area contributed by atoms with Gasteiger partial charge in [0, 0.05) is 17.8 Å². The number of carbonyl (C=O) groups excluding carboxylic acids is 1. The van der Waals surface area contributed by atoms with Crippen molar-refractivity contribution in [1.29, 1.82) is 0 Å². The van der Waals surface area contributed by atoms with Crippen LogP contribution in [0.4, 0.5) is 5.69 Å². The van der Waals surface area contributed by atoms with E-state index < -0.39 is 15.9 Å². The number of hydrogen-bond donors (Lipinski definition) is 2. The molecule has 0 heterocycles. The van der Waals surface area contributed by atoms with Gasteiger partial charge in [-0.25, -0.2) is 13.1 Å². The maximum absolute atomic E-state index is 12.5. The lowest BCUT2D eigenvalue weighted by atomic mass is 10.2. The van der Waals surface area contributed by atoms with Crippen LogP contribution in [-0.2, 0) is 10.0 Å². The third-order valence-corrected chi connectivity index (χ3v) is 5.04. The van der Waals surface area contributed by atoms with Gasteiger partial charge in [0.15, 0.2) is 0 Å². The largest absolute Gasteiger partial charge is 0.497 e. The zero-order valence-corrected chi connectivity index (χ0v) is 15.7. The van der Waals surface area contributed by atoms with E-state index in [-0.39, 0.29) is 22.8 Å². The number of sulfonamides is 1. The highest BCUT2D eigenvalue weighted by Gasteiger charge is 2.21. The summed E-state index contributed by atoms with van der Waals surface area (Å²) >= 11 is 0. The minimum atomic E-state index is -3.77. The van der Waals surface area contributed by atoms with Crippen molar-refractivity contribution in [3.63, 3.8) is 0 Å². The summed E-state index contributed by atoms with van der Waals surface area (Å²) in [5, 5.41) is 2.72. The summed E-state index contributed by atoms with van der Waals surface area (Å²) in [5.74, 6) is 0.448. The van der Waals surface area contributed by atoms with E-state index >= 15 is 0 Å². The molecule has 0 aliphatic carbocycles. The molecular weight excluding hydrogens is 356 g/mol. The Hall–Kier alpha value is -2.58. The standard InChI is InChI=1S/C18H22N2O5S/c1-4-19-26(22,23)17-12-13(6-11-16(17)25-5-2)18(21)20-14-7-9-15(24-3)10-8-14/h6-12,19H,4-5H2,1-3H3,(H,20,21). The van der Waals surface area contributed by atoms with E-state index in [1.54, 1.807) is 45.2 Å². The van der Waals surface area contributed by atoms with Gasteiger partial charge >= 0.3 is 0 Å². The van der Waals surface area contributed by atoms with Crippen molar-refractivity contribution in [1.82, 2.24) is 4.72 Å². The first-order valence-electron chi connectivity index (χ1n) is 8.13. The molecule has 7 nitrogen and oxygen atoms in total. The first-order valence-corrected chi connectivity index (χ1v) is 9.61. The zero-order valence-electron chi connectivity index (χ0n) is 14.9. The van der Waals surface area contributed by atoms with Crippen molar-refractivity contribution in [2.45, 2.75) is 18.7 Å². The molecule has 0 spiro atoms. The predicted molar refractivity (Wildman–Crippen MR) is 99.4 cm³/mol. The number of ether oxygens (including phenoxy) is 2. The Morgan fingerprint density at radius 3 is 2.35 bits per heavy atom. The molecule has 0 atom stereocenters. The second-order valence-corrected chi connectivity index (χ2v) is 7.01. The van der Waals surface area contributed by atoms with E-state index in [1.165, 1.54) is 18.2 Å². The topological polar surface area (TPSA) is 93.7 Å². The smallest absolute Gasteiger partial charge is 0.255 e. The Morgan fingerprint density at radius 2 is 1.77 bits per heavy atom. The number of hydrogen-bond acceptors (Lipinski definition) is 5. The molecule has 2 rings (SSSR count). The molecule has 0 aromatic heterocycles. The van der Waals surface area contributed by atoms with Crippen LogP contribution in [0.3, 0.4) is 0 Å². The molecule has 0 saturated carbocycles. The van der Waals surface area contributed by atoms with Gasteiger partial charge in [-0.3, -0.25) is 4.79 Å². The van der Waals surface area contributed by atoms with Gasteiger partial charge in [0.1, 0.15) is 16.4 Å². The summed E-state index contributed by atoms with van der Waals surface area (Å²) in [4.78, 5) is 12.4. The molecule has 0 unspecified atom stereocenters. The van der Waals surface area contributed by atoms with Crippen LogP contribution in [0.2, 0.25) is 0 Å². The molecule has 0 radical (unpaired) electrons. The molecule has 8 heteroatoms. The molecule has 26 heavy (non-hydrogen) atoms. The predicted octanol–water partition coefficient (Wildman–Crippen LogP) is 2.64. The van der Waals surface area contributed by atoms with Gasteiger partial charge in [0.2, 0.25) is 10.0 Å². The van der Waals surface area contributed by atoms with E-state index in [1.807, 2.05) is 0 Å². The van der Waals surface area contributed by atoms with Gasteiger partial charge in [0.25, 0.3) is 5.91 Å². The molecule has 0 aliphatic heterocycles. The van der Waals surface area contributed by atoms with Crippen LogP contribution in [0, 0.1) is 0 Å². The molecule has 0 aliphatic rings. The number of anilines is 1. The second kappa shape index (κ2) is 8.68. The molecule has 0 saturated heterocycles. The fraction of sp³-hybridized carbons (Fsp3) is 0.278. The van der Waals surface area contributed by atoms with Gasteiger partial charge in [-0.05, 0) is 49.4 Å². The summed E-state index contributed by atoms with van der Waals surface area (Å²) in [7, 11) is -2.22. The Morgan fingerprint density at radius 1 is 1.08 bits per heavy atom. The molecule has 0 bridgehead atoms. The Bertz CT molecular complexity index is 864. The molecule has 1 amide bonds. The maximum Gasteiger partial charge on any atom is 0.255 e. The zero-order chi connectivity index (χ0) is 19.2. The minimum Gasteiger partial charge on any atom is -0.497 e.